The van der Waals surface area contributed by atoms with Gasteiger partial charge in [0.25, 0.3) is 10.1 Å². The first kappa shape index (κ1) is 14.1. The number of rotatable bonds is 7. The predicted octanol–water partition coefficient (Wildman–Crippen LogP) is 0.862. The van der Waals surface area contributed by atoms with Crippen LogP contribution < -0.4 is 0 Å². The molecule has 5 nitrogen and oxygen atoms in total. The highest BCUT2D eigenvalue weighted by molar-refractivity contribution is 7.86. The van der Waals surface area contributed by atoms with E-state index < -0.39 is 16.1 Å². The first-order chi connectivity index (χ1) is 6.89. The molecule has 88 valence electrons. The molecule has 0 fully saturated rings. The Morgan fingerprint density at radius 2 is 2.00 bits per heavy atom. The molecule has 0 spiro atoms. The van der Waals surface area contributed by atoms with Crippen LogP contribution in [0.4, 0.5) is 0 Å². The summed E-state index contributed by atoms with van der Waals surface area (Å²) in [4.78, 5) is 10.9. The average molecular weight is 236 g/mol. The van der Waals surface area contributed by atoms with E-state index in [1.54, 1.807) is 6.92 Å². The van der Waals surface area contributed by atoms with Crippen molar-refractivity contribution in [3.8, 4) is 0 Å². The quantitative estimate of drug-likeness (QED) is 0.284. The summed E-state index contributed by atoms with van der Waals surface area (Å²) >= 11 is 0. The van der Waals surface area contributed by atoms with Crippen LogP contribution in [0.5, 0.6) is 0 Å². The van der Waals surface area contributed by atoms with Gasteiger partial charge in [0.1, 0.15) is 0 Å². The predicted molar refractivity (Wildman–Crippen MR) is 55.8 cm³/mol. The van der Waals surface area contributed by atoms with Gasteiger partial charge in [-0.2, -0.15) is 8.42 Å². The van der Waals surface area contributed by atoms with Crippen LogP contribution in [0.25, 0.3) is 0 Å². The van der Waals surface area contributed by atoms with Crippen LogP contribution in [-0.2, 0) is 23.8 Å². The van der Waals surface area contributed by atoms with E-state index in [0.29, 0.717) is 5.57 Å². The third-order valence-electron chi connectivity index (χ3n) is 1.42. The lowest BCUT2D eigenvalue weighted by Gasteiger charge is -2.04. The van der Waals surface area contributed by atoms with Crippen LogP contribution in [0.2, 0.25) is 0 Å². The molecule has 0 bridgehead atoms. The monoisotopic (exact) mass is 236 g/mol. The van der Waals surface area contributed by atoms with Crippen LogP contribution in [0.3, 0.4) is 0 Å². The van der Waals surface area contributed by atoms with Gasteiger partial charge < -0.3 is 4.74 Å². The SMILES string of the molecule is C=C(C)C(=O)OCCCS(=O)(=O)OCC. The van der Waals surface area contributed by atoms with Crippen LogP contribution in [0, 0.1) is 0 Å². The average Bonchev–Trinajstić information content (AvgIpc) is 2.11. The summed E-state index contributed by atoms with van der Waals surface area (Å²) in [6.07, 6.45) is 0.224. The molecule has 0 aliphatic heterocycles. The van der Waals surface area contributed by atoms with E-state index >= 15 is 0 Å². The van der Waals surface area contributed by atoms with Crippen molar-refractivity contribution in [1.29, 1.82) is 0 Å². The molecule has 0 heterocycles. The number of ether oxygens (including phenoxy) is 1. The van der Waals surface area contributed by atoms with Gasteiger partial charge in [-0.15, -0.1) is 0 Å². The minimum atomic E-state index is -3.46. The minimum Gasteiger partial charge on any atom is -0.462 e. The molecule has 0 aromatic rings. The van der Waals surface area contributed by atoms with Crippen molar-refractivity contribution in [3.05, 3.63) is 12.2 Å². The van der Waals surface area contributed by atoms with E-state index in [4.69, 9.17) is 4.74 Å². The molecule has 0 saturated carbocycles. The molecular formula is C9H16O5S. The summed E-state index contributed by atoms with van der Waals surface area (Å²) < 4.78 is 31.3. The molecule has 0 radical (unpaired) electrons. The summed E-state index contributed by atoms with van der Waals surface area (Å²) in [7, 11) is -3.46. The summed E-state index contributed by atoms with van der Waals surface area (Å²) in [6, 6.07) is 0. The maximum Gasteiger partial charge on any atom is 0.333 e. The highest BCUT2D eigenvalue weighted by Crippen LogP contribution is 1.98. The molecule has 0 aliphatic rings. The van der Waals surface area contributed by atoms with E-state index in [0.717, 1.165) is 0 Å². The topological polar surface area (TPSA) is 69.7 Å². The summed E-state index contributed by atoms with van der Waals surface area (Å²) in [5.74, 6) is -0.659. The lowest BCUT2D eigenvalue weighted by atomic mass is 10.4. The highest BCUT2D eigenvalue weighted by atomic mass is 32.2. The zero-order valence-corrected chi connectivity index (χ0v) is 9.80. The largest absolute Gasteiger partial charge is 0.462 e. The number of hydrogen-bond donors (Lipinski definition) is 0. The summed E-state index contributed by atoms with van der Waals surface area (Å²) in [6.45, 7) is 6.69. The Balaban J connectivity index is 3.72. The molecule has 0 aromatic carbocycles. The van der Waals surface area contributed by atoms with Gasteiger partial charge >= 0.3 is 5.97 Å². The van der Waals surface area contributed by atoms with E-state index in [2.05, 4.69) is 10.8 Å². The van der Waals surface area contributed by atoms with Gasteiger partial charge in [-0.3, -0.25) is 4.18 Å². The van der Waals surface area contributed by atoms with E-state index in [9.17, 15) is 13.2 Å². The van der Waals surface area contributed by atoms with Crippen LogP contribution in [0.15, 0.2) is 12.2 Å². The molecule has 0 N–H and O–H groups in total. The Kier molecular flexibility index (Phi) is 6.19. The Morgan fingerprint density at radius 3 is 2.47 bits per heavy atom. The summed E-state index contributed by atoms with van der Waals surface area (Å²) in [5.41, 5.74) is 0.294. The van der Waals surface area contributed by atoms with Gasteiger partial charge in [0, 0.05) is 5.57 Å². The summed E-state index contributed by atoms with van der Waals surface area (Å²) in [5, 5.41) is 0. The number of carbonyl (C=O) groups is 1. The molecule has 6 heteroatoms. The Bertz CT molecular complexity index is 317. The standard InChI is InChI=1S/C9H16O5S/c1-4-14-15(11,12)7-5-6-13-9(10)8(2)3/h2,4-7H2,1,3H3. The Morgan fingerprint density at radius 1 is 1.40 bits per heavy atom. The fourth-order valence-electron chi connectivity index (χ4n) is 0.762. The van der Waals surface area contributed by atoms with E-state index in [1.165, 1.54) is 6.92 Å². The smallest absolute Gasteiger partial charge is 0.333 e. The minimum absolute atomic E-state index is 0.0536. The maximum absolute atomic E-state index is 11.0. The van der Waals surface area contributed by atoms with E-state index in [1.807, 2.05) is 0 Å². The zero-order chi connectivity index (χ0) is 11.9. The molecule has 0 saturated heterocycles. The van der Waals surface area contributed by atoms with Crippen molar-refractivity contribution < 1.29 is 22.1 Å². The fourth-order valence-corrected chi connectivity index (χ4v) is 1.71. The molecule has 0 rings (SSSR count). The van der Waals surface area contributed by atoms with Crippen molar-refractivity contribution in [2.75, 3.05) is 19.0 Å². The first-order valence-electron chi connectivity index (χ1n) is 4.58. The number of carbonyl (C=O) groups excluding carboxylic acids is 1. The van der Waals surface area contributed by atoms with Gasteiger partial charge in [-0.1, -0.05) is 6.58 Å². The van der Waals surface area contributed by atoms with Crippen molar-refractivity contribution in [2.24, 2.45) is 0 Å². The van der Waals surface area contributed by atoms with Gasteiger partial charge in [0.05, 0.1) is 19.0 Å². The van der Waals surface area contributed by atoms with Crippen molar-refractivity contribution >= 4 is 16.1 Å². The lowest BCUT2D eigenvalue weighted by molar-refractivity contribution is -0.138. The maximum atomic E-state index is 11.0. The third kappa shape index (κ3) is 7.10. The first-order valence-corrected chi connectivity index (χ1v) is 6.16. The molecule has 15 heavy (non-hydrogen) atoms. The Labute approximate surface area is 90.2 Å². The molecular weight excluding hydrogens is 220 g/mol. The van der Waals surface area contributed by atoms with Crippen LogP contribution in [-0.4, -0.2) is 33.4 Å². The van der Waals surface area contributed by atoms with Crippen molar-refractivity contribution in [3.63, 3.8) is 0 Å². The molecule has 0 aromatic heterocycles. The molecule has 0 amide bonds. The number of hydrogen-bond acceptors (Lipinski definition) is 5. The van der Waals surface area contributed by atoms with Crippen LogP contribution in [0.1, 0.15) is 20.3 Å². The third-order valence-corrected chi connectivity index (χ3v) is 2.80. The molecule has 0 unspecified atom stereocenters. The highest BCUT2D eigenvalue weighted by Gasteiger charge is 2.10. The second-order valence-electron chi connectivity index (χ2n) is 2.94. The van der Waals surface area contributed by atoms with E-state index in [-0.39, 0.29) is 25.4 Å². The van der Waals surface area contributed by atoms with Gasteiger partial charge in [0.2, 0.25) is 0 Å². The lowest BCUT2D eigenvalue weighted by Crippen LogP contribution is -2.14. The second kappa shape index (κ2) is 6.58. The van der Waals surface area contributed by atoms with Crippen LogP contribution >= 0.6 is 0 Å². The molecule has 0 atom stereocenters. The fraction of sp³-hybridized carbons (Fsp3) is 0.667. The second-order valence-corrected chi connectivity index (χ2v) is 4.70. The normalized spacial score (nSPS) is 11.1. The number of esters is 1. The van der Waals surface area contributed by atoms with Gasteiger partial charge in [-0.05, 0) is 20.3 Å². The molecule has 0 aliphatic carbocycles. The van der Waals surface area contributed by atoms with Crippen molar-refractivity contribution in [2.45, 2.75) is 20.3 Å². The van der Waals surface area contributed by atoms with Gasteiger partial charge in [-0.25, -0.2) is 4.79 Å². The zero-order valence-electron chi connectivity index (χ0n) is 8.99. The van der Waals surface area contributed by atoms with Crippen molar-refractivity contribution in [1.82, 2.24) is 0 Å². The Hall–Kier alpha value is -0.880. The van der Waals surface area contributed by atoms with Gasteiger partial charge in [0.15, 0.2) is 0 Å².